The first-order valence-electron chi connectivity index (χ1n) is 11.2. The fraction of sp³-hybridized carbons (Fsp3) is 0.172. The highest BCUT2D eigenvalue weighted by Crippen LogP contribution is 2.24. The topological polar surface area (TPSA) is 85.3 Å². The summed E-state index contributed by atoms with van der Waals surface area (Å²) < 4.78 is 12.0. The molecular formula is C29H26N2O3. The summed E-state index contributed by atoms with van der Waals surface area (Å²) in [4.78, 5) is 11.3. The van der Waals surface area contributed by atoms with Gasteiger partial charge in [0.05, 0.1) is 18.2 Å². The first-order chi connectivity index (χ1) is 16.6. The summed E-state index contributed by atoms with van der Waals surface area (Å²) in [6.45, 7) is 0.850. The van der Waals surface area contributed by atoms with Gasteiger partial charge in [0, 0.05) is 12.8 Å². The number of aryl methyl sites for hydroxylation is 1. The van der Waals surface area contributed by atoms with Gasteiger partial charge in [-0.25, -0.2) is 0 Å². The smallest absolute Gasteiger partial charge is 0.217 e. The summed E-state index contributed by atoms with van der Waals surface area (Å²) in [5.74, 6) is 1.02. The van der Waals surface area contributed by atoms with Crippen LogP contribution in [0.3, 0.4) is 0 Å². The molecule has 2 N–H and O–H groups in total. The molecule has 1 amide bonds. The van der Waals surface area contributed by atoms with Gasteiger partial charge in [-0.15, -0.1) is 0 Å². The molecule has 0 aromatic heterocycles. The minimum atomic E-state index is -0.341. The summed E-state index contributed by atoms with van der Waals surface area (Å²) in [6, 6.07) is 29.8. The number of amides is 1. The largest absolute Gasteiger partial charge is 0.493 e. The molecule has 170 valence electrons. The lowest BCUT2D eigenvalue weighted by Crippen LogP contribution is -2.12. The van der Waals surface area contributed by atoms with Crippen LogP contribution in [0.2, 0.25) is 0 Å². The van der Waals surface area contributed by atoms with Crippen LogP contribution in [-0.2, 0) is 24.2 Å². The molecule has 5 nitrogen and oxygen atoms in total. The Morgan fingerprint density at radius 1 is 0.824 bits per heavy atom. The third kappa shape index (κ3) is 6.14. The van der Waals surface area contributed by atoms with Crippen LogP contribution in [-0.4, -0.2) is 12.5 Å². The van der Waals surface area contributed by atoms with Crippen LogP contribution >= 0.6 is 0 Å². The molecule has 0 fully saturated rings. The standard InChI is InChI=1S/C29H26N2O3/c30-19-22-4-3-7-27(17-22)34-20-23-9-11-25(12-13-29(31)32)28(18-23)33-15-14-21-8-10-24-5-1-2-6-26(24)16-21/h1-11,16-18H,12-15,20H2,(H2,31,32). The fourth-order valence-corrected chi connectivity index (χ4v) is 3.78. The molecule has 0 saturated heterocycles. The van der Waals surface area contributed by atoms with Crippen LogP contribution in [0.4, 0.5) is 0 Å². The lowest BCUT2D eigenvalue weighted by molar-refractivity contribution is -0.117. The minimum Gasteiger partial charge on any atom is -0.493 e. The van der Waals surface area contributed by atoms with E-state index >= 15 is 0 Å². The Balaban J connectivity index is 1.44. The van der Waals surface area contributed by atoms with E-state index in [2.05, 4.69) is 36.4 Å². The summed E-state index contributed by atoms with van der Waals surface area (Å²) in [5.41, 5.74) is 8.98. The molecule has 0 spiro atoms. The van der Waals surface area contributed by atoms with Crippen molar-refractivity contribution in [2.45, 2.75) is 25.9 Å². The first kappa shape index (κ1) is 22.9. The van der Waals surface area contributed by atoms with Crippen molar-refractivity contribution in [2.75, 3.05) is 6.61 Å². The minimum absolute atomic E-state index is 0.262. The van der Waals surface area contributed by atoms with Crippen LogP contribution in [0.25, 0.3) is 10.8 Å². The van der Waals surface area contributed by atoms with Gasteiger partial charge < -0.3 is 15.2 Å². The maximum absolute atomic E-state index is 11.3. The van der Waals surface area contributed by atoms with E-state index in [1.807, 2.05) is 36.4 Å². The fourth-order valence-electron chi connectivity index (χ4n) is 3.78. The molecule has 0 atom stereocenters. The average molecular weight is 451 g/mol. The van der Waals surface area contributed by atoms with Gasteiger partial charge in [0.2, 0.25) is 5.91 Å². The summed E-state index contributed by atoms with van der Waals surface area (Å²) in [5, 5.41) is 11.5. The molecule has 0 aliphatic carbocycles. The third-order valence-corrected chi connectivity index (χ3v) is 5.60. The van der Waals surface area contributed by atoms with E-state index in [1.165, 1.54) is 16.3 Å². The van der Waals surface area contributed by atoms with Gasteiger partial charge in [0.1, 0.15) is 18.1 Å². The Morgan fingerprint density at radius 2 is 1.65 bits per heavy atom. The van der Waals surface area contributed by atoms with Crippen molar-refractivity contribution in [3.05, 3.63) is 107 Å². The van der Waals surface area contributed by atoms with Crippen LogP contribution in [0.1, 0.15) is 28.7 Å². The van der Waals surface area contributed by atoms with E-state index in [0.29, 0.717) is 30.9 Å². The Hall–Kier alpha value is -4.30. The number of benzene rings is 4. The Kier molecular flexibility index (Phi) is 7.42. The number of ether oxygens (including phenoxy) is 2. The zero-order valence-corrected chi connectivity index (χ0v) is 18.9. The normalized spacial score (nSPS) is 10.6. The summed E-state index contributed by atoms with van der Waals surface area (Å²) in [6.07, 6.45) is 1.55. The predicted octanol–water partition coefficient (Wildman–Crippen LogP) is 5.33. The number of hydrogen-bond donors (Lipinski definition) is 1. The lowest BCUT2D eigenvalue weighted by Gasteiger charge is -2.14. The lowest BCUT2D eigenvalue weighted by atomic mass is 10.0. The average Bonchev–Trinajstić information content (AvgIpc) is 2.87. The van der Waals surface area contributed by atoms with Crippen molar-refractivity contribution in [1.82, 2.24) is 0 Å². The number of primary amides is 1. The van der Waals surface area contributed by atoms with Gasteiger partial charge in [-0.05, 0) is 58.1 Å². The molecule has 0 unspecified atom stereocenters. The first-order valence-corrected chi connectivity index (χ1v) is 11.2. The van der Waals surface area contributed by atoms with Gasteiger partial charge in [0.15, 0.2) is 0 Å². The molecule has 5 heteroatoms. The number of hydrogen-bond acceptors (Lipinski definition) is 4. The molecule has 0 radical (unpaired) electrons. The van der Waals surface area contributed by atoms with Crippen LogP contribution < -0.4 is 15.2 Å². The molecular weight excluding hydrogens is 424 g/mol. The highest BCUT2D eigenvalue weighted by molar-refractivity contribution is 5.83. The van der Waals surface area contributed by atoms with Crippen molar-refractivity contribution < 1.29 is 14.3 Å². The second-order valence-electron chi connectivity index (χ2n) is 8.12. The Bertz CT molecular complexity index is 1340. The van der Waals surface area contributed by atoms with Crippen molar-refractivity contribution in [1.29, 1.82) is 5.26 Å². The number of carbonyl (C=O) groups is 1. The molecule has 0 saturated carbocycles. The summed E-state index contributed by atoms with van der Waals surface area (Å²) >= 11 is 0. The molecule has 4 aromatic carbocycles. The maximum Gasteiger partial charge on any atom is 0.217 e. The highest BCUT2D eigenvalue weighted by atomic mass is 16.5. The number of rotatable bonds is 10. The van der Waals surface area contributed by atoms with E-state index in [-0.39, 0.29) is 12.3 Å². The van der Waals surface area contributed by atoms with Gasteiger partial charge >= 0.3 is 0 Å². The second kappa shape index (κ2) is 11.0. The Labute approximate surface area is 199 Å². The number of fused-ring (bicyclic) bond motifs is 1. The van der Waals surface area contributed by atoms with Crippen molar-refractivity contribution in [2.24, 2.45) is 5.73 Å². The molecule has 4 aromatic rings. The third-order valence-electron chi connectivity index (χ3n) is 5.60. The van der Waals surface area contributed by atoms with Crippen molar-refractivity contribution in [3.8, 4) is 17.6 Å². The number of carbonyl (C=O) groups excluding carboxylic acids is 1. The monoisotopic (exact) mass is 450 g/mol. The van der Waals surface area contributed by atoms with E-state index in [9.17, 15) is 4.79 Å². The van der Waals surface area contributed by atoms with Gasteiger partial charge in [-0.3, -0.25) is 4.79 Å². The van der Waals surface area contributed by atoms with E-state index in [4.69, 9.17) is 20.5 Å². The van der Waals surface area contributed by atoms with Gasteiger partial charge in [-0.2, -0.15) is 5.26 Å². The molecule has 4 rings (SSSR count). The molecule has 0 heterocycles. The van der Waals surface area contributed by atoms with Gasteiger partial charge in [0.25, 0.3) is 0 Å². The second-order valence-corrected chi connectivity index (χ2v) is 8.12. The molecule has 0 aliphatic rings. The van der Waals surface area contributed by atoms with E-state index in [1.54, 1.807) is 18.2 Å². The summed E-state index contributed by atoms with van der Waals surface area (Å²) in [7, 11) is 0. The zero-order valence-electron chi connectivity index (χ0n) is 18.9. The van der Waals surface area contributed by atoms with Crippen LogP contribution in [0.5, 0.6) is 11.5 Å². The van der Waals surface area contributed by atoms with Crippen molar-refractivity contribution >= 4 is 16.7 Å². The van der Waals surface area contributed by atoms with Gasteiger partial charge in [-0.1, -0.05) is 60.7 Å². The van der Waals surface area contributed by atoms with Crippen LogP contribution in [0.15, 0.2) is 84.9 Å². The molecule has 0 aliphatic heterocycles. The van der Waals surface area contributed by atoms with Crippen LogP contribution in [0, 0.1) is 11.3 Å². The Morgan fingerprint density at radius 3 is 2.47 bits per heavy atom. The number of nitrogens with two attached hydrogens (primary N) is 1. The van der Waals surface area contributed by atoms with E-state index in [0.717, 1.165) is 23.3 Å². The van der Waals surface area contributed by atoms with Crippen molar-refractivity contribution in [3.63, 3.8) is 0 Å². The molecule has 0 bridgehead atoms. The number of nitriles is 1. The highest BCUT2D eigenvalue weighted by Gasteiger charge is 2.09. The quantitative estimate of drug-likeness (QED) is 0.354. The molecule has 34 heavy (non-hydrogen) atoms. The number of nitrogens with zero attached hydrogens (tertiary/aromatic N) is 1. The van der Waals surface area contributed by atoms with E-state index < -0.39 is 0 Å². The SMILES string of the molecule is N#Cc1cccc(OCc2ccc(CCC(N)=O)c(OCCc3ccc4ccccc4c3)c2)c1. The predicted molar refractivity (Wildman–Crippen MR) is 133 cm³/mol. The maximum atomic E-state index is 11.3. The zero-order chi connectivity index (χ0) is 23.8.